The van der Waals surface area contributed by atoms with E-state index in [0.29, 0.717) is 23.2 Å². The molecule has 7 nitrogen and oxygen atoms in total. The second-order valence-corrected chi connectivity index (χ2v) is 6.11. The number of primary amides is 1. The number of anilines is 1. The number of carbonyl (C=O) groups excluding carboxylic acids is 1. The summed E-state index contributed by atoms with van der Waals surface area (Å²) in [5, 5.41) is 7.00. The molecule has 112 valence electrons. The van der Waals surface area contributed by atoms with Gasteiger partial charge in [-0.05, 0) is 43.9 Å². The van der Waals surface area contributed by atoms with E-state index in [1.807, 2.05) is 19.0 Å². The Kier molecular flexibility index (Phi) is 5.29. The quantitative estimate of drug-likeness (QED) is 0.770. The fourth-order valence-electron chi connectivity index (χ4n) is 1.40. The molecule has 0 fully saturated rings. The number of hydrogen-bond acceptors (Lipinski definition) is 5. The van der Waals surface area contributed by atoms with Crippen LogP contribution in [-0.2, 0) is 11.3 Å². The van der Waals surface area contributed by atoms with Crippen LogP contribution in [0, 0.1) is 0 Å². The molecule has 1 heterocycles. The third-order valence-corrected chi connectivity index (χ3v) is 3.57. The van der Waals surface area contributed by atoms with Crippen LogP contribution in [0.2, 0.25) is 0 Å². The van der Waals surface area contributed by atoms with Gasteiger partial charge in [0.2, 0.25) is 5.91 Å². The molecule has 0 aliphatic heterocycles. The lowest BCUT2D eigenvalue weighted by Gasteiger charge is -2.24. The van der Waals surface area contributed by atoms with Gasteiger partial charge in [-0.2, -0.15) is 5.10 Å². The number of likely N-dealkylation sites (N-methyl/N-ethyl adjacent to an activating group) is 1. The summed E-state index contributed by atoms with van der Waals surface area (Å²) in [5.41, 5.74) is 4.52. The summed E-state index contributed by atoms with van der Waals surface area (Å²) < 4.78 is 1.70. The van der Waals surface area contributed by atoms with Crippen LogP contribution in [0.4, 0.5) is 5.69 Å². The van der Waals surface area contributed by atoms with E-state index in [-0.39, 0.29) is 5.56 Å². The fourth-order valence-corrected chi connectivity index (χ4v) is 1.81. The summed E-state index contributed by atoms with van der Waals surface area (Å²) in [6, 6.07) is 0. The predicted molar refractivity (Wildman–Crippen MR) is 81.6 cm³/mol. The molecule has 0 aromatic carbocycles. The van der Waals surface area contributed by atoms with Gasteiger partial charge < -0.3 is 16.0 Å². The highest BCUT2D eigenvalue weighted by Crippen LogP contribution is 2.20. The van der Waals surface area contributed by atoms with Gasteiger partial charge in [0.15, 0.2) is 0 Å². The van der Waals surface area contributed by atoms with E-state index in [2.05, 4.69) is 26.3 Å². The minimum atomic E-state index is -0.966. The van der Waals surface area contributed by atoms with Crippen LogP contribution in [0.3, 0.4) is 0 Å². The topological polar surface area (TPSA) is 93.2 Å². The van der Waals surface area contributed by atoms with E-state index in [1.54, 1.807) is 13.8 Å². The van der Waals surface area contributed by atoms with E-state index < -0.39 is 11.4 Å². The number of nitrogens with two attached hydrogens (primary N) is 1. The van der Waals surface area contributed by atoms with Crippen molar-refractivity contribution >= 4 is 27.5 Å². The summed E-state index contributed by atoms with van der Waals surface area (Å²) in [7, 11) is 3.84. The maximum absolute atomic E-state index is 12.1. The Morgan fingerprint density at radius 2 is 2.15 bits per heavy atom. The zero-order chi connectivity index (χ0) is 15.5. The van der Waals surface area contributed by atoms with E-state index in [0.717, 1.165) is 0 Å². The maximum atomic E-state index is 12.1. The van der Waals surface area contributed by atoms with Crippen molar-refractivity contribution < 1.29 is 4.79 Å². The molecule has 0 atom stereocenters. The average molecular weight is 346 g/mol. The van der Waals surface area contributed by atoms with Gasteiger partial charge in [-0.3, -0.25) is 9.59 Å². The maximum Gasteiger partial charge on any atom is 0.283 e. The molecular weight excluding hydrogens is 326 g/mol. The van der Waals surface area contributed by atoms with Crippen molar-refractivity contribution in [2.75, 3.05) is 26.0 Å². The highest BCUT2D eigenvalue weighted by atomic mass is 79.9. The largest absolute Gasteiger partial charge is 0.369 e. The summed E-state index contributed by atoms with van der Waals surface area (Å²) in [4.78, 5) is 25.4. The third-order valence-electron chi connectivity index (χ3n) is 2.81. The molecule has 0 bridgehead atoms. The molecule has 0 unspecified atom stereocenters. The number of nitrogens with zero attached hydrogens (tertiary/aromatic N) is 3. The minimum absolute atomic E-state index is 0.253. The summed E-state index contributed by atoms with van der Waals surface area (Å²) in [6.45, 7) is 4.47. The van der Waals surface area contributed by atoms with Crippen molar-refractivity contribution in [1.29, 1.82) is 0 Å². The highest BCUT2D eigenvalue weighted by Gasteiger charge is 2.26. The first-order valence-electron chi connectivity index (χ1n) is 6.13. The number of carbonyl (C=O) groups is 1. The molecule has 0 aliphatic carbocycles. The fraction of sp³-hybridized carbons (Fsp3) is 0.583. The van der Waals surface area contributed by atoms with Crippen molar-refractivity contribution in [3.8, 4) is 0 Å². The standard InChI is InChI=1S/C12H20BrN5O2/c1-12(2,11(14)20)16-8-7-15-18(6-5-17(3)4)10(19)9(8)13/h7,16H,5-6H2,1-4H3,(H2,14,20). The lowest BCUT2D eigenvalue weighted by atomic mass is 10.1. The van der Waals surface area contributed by atoms with Crippen LogP contribution in [0.15, 0.2) is 15.5 Å². The normalized spacial score (nSPS) is 11.7. The molecule has 8 heteroatoms. The summed E-state index contributed by atoms with van der Waals surface area (Å²) in [5.74, 6) is -0.513. The van der Waals surface area contributed by atoms with Crippen molar-refractivity contribution in [3.63, 3.8) is 0 Å². The van der Waals surface area contributed by atoms with Gasteiger partial charge in [-0.15, -0.1) is 0 Å². The number of nitrogens with one attached hydrogen (secondary N) is 1. The summed E-state index contributed by atoms with van der Waals surface area (Å²) in [6.07, 6.45) is 1.51. The molecular formula is C12H20BrN5O2. The first-order chi connectivity index (χ1) is 9.15. The van der Waals surface area contributed by atoms with Gasteiger partial charge in [0.25, 0.3) is 5.56 Å². The molecule has 20 heavy (non-hydrogen) atoms. The number of hydrogen-bond donors (Lipinski definition) is 2. The molecule has 1 amide bonds. The van der Waals surface area contributed by atoms with E-state index >= 15 is 0 Å². The van der Waals surface area contributed by atoms with Crippen LogP contribution in [0.5, 0.6) is 0 Å². The van der Waals surface area contributed by atoms with Gasteiger partial charge in [-0.1, -0.05) is 0 Å². The SMILES string of the molecule is CN(C)CCn1ncc(NC(C)(C)C(N)=O)c(Br)c1=O. The number of rotatable bonds is 6. The third kappa shape index (κ3) is 4.04. The highest BCUT2D eigenvalue weighted by molar-refractivity contribution is 9.10. The molecule has 0 saturated carbocycles. The molecule has 0 radical (unpaired) electrons. The summed E-state index contributed by atoms with van der Waals surface area (Å²) >= 11 is 3.24. The first-order valence-corrected chi connectivity index (χ1v) is 6.93. The Balaban J connectivity index is 3.01. The monoisotopic (exact) mass is 345 g/mol. The lowest BCUT2D eigenvalue weighted by Crippen LogP contribution is -2.45. The Labute approximate surface area is 126 Å². The van der Waals surface area contributed by atoms with Gasteiger partial charge >= 0.3 is 0 Å². The Morgan fingerprint density at radius 1 is 1.55 bits per heavy atom. The number of aromatic nitrogens is 2. The van der Waals surface area contributed by atoms with Gasteiger partial charge in [0, 0.05) is 6.54 Å². The van der Waals surface area contributed by atoms with Crippen molar-refractivity contribution in [2.45, 2.75) is 25.9 Å². The first kappa shape index (κ1) is 16.6. The lowest BCUT2D eigenvalue weighted by molar-refractivity contribution is -0.121. The molecule has 0 saturated heterocycles. The zero-order valence-electron chi connectivity index (χ0n) is 12.1. The predicted octanol–water partition coefficient (Wildman–Crippen LogP) is 0.243. The van der Waals surface area contributed by atoms with Gasteiger partial charge in [-0.25, -0.2) is 4.68 Å². The molecule has 0 aliphatic rings. The van der Waals surface area contributed by atoms with Crippen LogP contribution >= 0.6 is 15.9 Å². The smallest absolute Gasteiger partial charge is 0.283 e. The Morgan fingerprint density at radius 3 is 2.65 bits per heavy atom. The minimum Gasteiger partial charge on any atom is -0.369 e. The molecule has 0 spiro atoms. The van der Waals surface area contributed by atoms with Gasteiger partial charge in [0.1, 0.15) is 10.0 Å². The Hall–Kier alpha value is -1.41. The zero-order valence-corrected chi connectivity index (χ0v) is 13.7. The van der Waals surface area contributed by atoms with E-state index in [9.17, 15) is 9.59 Å². The molecule has 1 aromatic heterocycles. The number of amides is 1. The second kappa shape index (κ2) is 6.36. The average Bonchev–Trinajstić information content (AvgIpc) is 2.33. The van der Waals surface area contributed by atoms with E-state index in [4.69, 9.17) is 5.73 Å². The van der Waals surface area contributed by atoms with E-state index in [1.165, 1.54) is 10.9 Å². The van der Waals surface area contributed by atoms with Crippen molar-refractivity contribution in [2.24, 2.45) is 5.73 Å². The second-order valence-electron chi connectivity index (χ2n) is 5.32. The van der Waals surface area contributed by atoms with Crippen LogP contribution in [0.25, 0.3) is 0 Å². The molecule has 1 rings (SSSR count). The van der Waals surface area contributed by atoms with Crippen LogP contribution in [0.1, 0.15) is 13.8 Å². The van der Waals surface area contributed by atoms with Crippen LogP contribution < -0.4 is 16.6 Å². The van der Waals surface area contributed by atoms with Crippen LogP contribution in [-0.4, -0.2) is 46.8 Å². The molecule has 3 N–H and O–H groups in total. The number of halogens is 1. The van der Waals surface area contributed by atoms with Crippen molar-refractivity contribution in [1.82, 2.24) is 14.7 Å². The Bertz CT molecular complexity index is 553. The molecule has 1 aromatic rings. The van der Waals surface area contributed by atoms with Crippen molar-refractivity contribution in [3.05, 3.63) is 21.0 Å². The van der Waals surface area contributed by atoms with Gasteiger partial charge in [0.05, 0.1) is 18.4 Å².